The van der Waals surface area contributed by atoms with E-state index in [1.54, 1.807) is 12.1 Å². The van der Waals surface area contributed by atoms with Crippen molar-refractivity contribution in [2.24, 2.45) is 11.8 Å². The van der Waals surface area contributed by atoms with Crippen LogP contribution in [0.25, 0.3) is 0 Å². The summed E-state index contributed by atoms with van der Waals surface area (Å²) in [6, 6.07) is 5.00. The highest BCUT2D eigenvalue weighted by Crippen LogP contribution is 2.29. The van der Waals surface area contributed by atoms with Crippen molar-refractivity contribution in [3.05, 3.63) is 29.6 Å². The molecule has 0 aliphatic carbocycles. The fourth-order valence-corrected chi connectivity index (χ4v) is 2.39. The fourth-order valence-electron chi connectivity index (χ4n) is 2.39. The number of rotatable bonds is 2. The molecule has 1 heterocycles. The first kappa shape index (κ1) is 12.4. The minimum atomic E-state index is -0.224. The van der Waals surface area contributed by atoms with Gasteiger partial charge in [0.25, 0.3) is 0 Å². The SMILES string of the molecule is CC1CCN(c2ccc(CO)cc2F)CC1C. The molecule has 3 heteroatoms. The number of hydrogen-bond acceptors (Lipinski definition) is 2. The molecule has 0 saturated carbocycles. The molecule has 2 nitrogen and oxygen atoms in total. The highest BCUT2D eigenvalue weighted by molar-refractivity contribution is 5.49. The van der Waals surface area contributed by atoms with Crippen LogP contribution in [0.3, 0.4) is 0 Å². The van der Waals surface area contributed by atoms with E-state index in [9.17, 15) is 4.39 Å². The third-order valence-electron chi connectivity index (χ3n) is 3.87. The van der Waals surface area contributed by atoms with E-state index in [4.69, 9.17) is 5.11 Å². The average molecular weight is 237 g/mol. The lowest BCUT2D eigenvalue weighted by molar-refractivity contribution is 0.281. The molecule has 1 N–H and O–H groups in total. The quantitative estimate of drug-likeness (QED) is 0.855. The predicted octanol–water partition coefficient (Wildman–Crippen LogP) is 2.80. The molecule has 1 fully saturated rings. The van der Waals surface area contributed by atoms with Crippen molar-refractivity contribution in [1.29, 1.82) is 0 Å². The number of benzene rings is 1. The molecule has 1 aromatic rings. The van der Waals surface area contributed by atoms with Gasteiger partial charge in [-0.3, -0.25) is 0 Å². The van der Waals surface area contributed by atoms with Crippen LogP contribution in [-0.2, 0) is 6.61 Å². The molecule has 0 aromatic heterocycles. The third-order valence-corrected chi connectivity index (χ3v) is 3.87. The van der Waals surface area contributed by atoms with E-state index in [-0.39, 0.29) is 12.4 Å². The molecular weight excluding hydrogens is 217 g/mol. The summed E-state index contributed by atoms with van der Waals surface area (Å²) in [6.45, 7) is 6.20. The zero-order valence-electron chi connectivity index (χ0n) is 10.5. The molecule has 94 valence electrons. The number of hydrogen-bond donors (Lipinski definition) is 1. The summed E-state index contributed by atoms with van der Waals surface area (Å²) in [4.78, 5) is 2.11. The Kier molecular flexibility index (Phi) is 3.67. The maximum atomic E-state index is 13.9. The fraction of sp³-hybridized carbons (Fsp3) is 0.571. The number of aliphatic hydroxyl groups excluding tert-OH is 1. The second-order valence-corrected chi connectivity index (χ2v) is 5.13. The Morgan fingerprint density at radius 2 is 2.12 bits per heavy atom. The van der Waals surface area contributed by atoms with E-state index in [1.807, 2.05) is 0 Å². The van der Waals surface area contributed by atoms with Gasteiger partial charge in [0.05, 0.1) is 12.3 Å². The van der Waals surface area contributed by atoms with Gasteiger partial charge < -0.3 is 10.0 Å². The summed E-state index contributed by atoms with van der Waals surface area (Å²) >= 11 is 0. The second-order valence-electron chi connectivity index (χ2n) is 5.13. The molecule has 0 amide bonds. The summed E-state index contributed by atoms with van der Waals surface area (Å²) < 4.78 is 13.9. The first-order valence-corrected chi connectivity index (χ1v) is 6.26. The van der Waals surface area contributed by atoms with Gasteiger partial charge in [-0.1, -0.05) is 19.9 Å². The monoisotopic (exact) mass is 237 g/mol. The maximum Gasteiger partial charge on any atom is 0.146 e. The van der Waals surface area contributed by atoms with Crippen LogP contribution < -0.4 is 4.90 Å². The van der Waals surface area contributed by atoms with Crippen LogP contribution in [0.4, 0.5) is 10.1 Å². The van der Waals surface area contributed by atoms with Crippen LogP contribution in [0.5, 0.6) is 0 Å². The number of halogens is 1. The molecule has 17 heavy (non-hydrogen) atoms. The first-order chi connectivity index (χ1) is 8.11. The van der Waals surface area contributed by atoms with Crippen molar-refractivity contribution in [2.45, 2.75) is 26.9 Å². The van der Waals surface area contributed by atoms with E-state index >= 15 is 0 Å². The van der Waals surface area contributed by atoms with Gasteiger partial charge in [-0.2, -0.15) is 0 Å². The smallest absolute Gasteiger partial charge is 0.146 e. The highest BCUT2D eigenvalue weighted by atomic mass is 19.1. The molecule has 1 aromatic carbocycles. The van der Waals surface area contributed by atoms with E-state index in [0.717, 1.165) is 19.5 Å². The Balaban J connectivity index is 2.17. The van der Waals surface area contributed by atoms with Crippen LogP contribution in [0, 0.1) is 17.7 Å². The standard InChI is InChI=1S/C14H20FNO/c1-10-5-6-16(8-11(10)2)14-4-3-12(9-17)7-13(14)15/h3-4,7,10-11,17H,5-6,8-9H2,1-2H3. The van der Waals surface area contributed by atoms with Crippen molar-refractivity contribution >= 4 is 5.69 Å². The number of piperidine rings is 1. The van der Waals surface area contributed by atoms with Gasteiger partial charge in [-0.15, -0.1) is 0 Å². The topological polar surface area (TPSA) is 23.5 Å². The first-order valence-electron chi connectivity index (χ1n) is 6.26. The van der Waals surface area contributed by atoms with E-state index < -0.39 is 0 Å². The average Bonchev–Trinajstić information content (AvgIpc) is 2.32. The van der Waals surface area contributed by atoms with Gasteiger partial charge in [0.15, 0.2) is 0 Å². The van der Waals surface area contributed by atoms with E-state index in [1.165, 1.54) is 6.07 Å². The van der Waals surface area contributed by atoms with Crippen LogP contribution >= 0.6 is 0 Å². The summed E-state index contributed by atoms with van der Waals surface area (Å²) in [5.74, 6) is 1.09. The van der Waals surface area contributed by atoms with Crippen LogP contribution in [0.1, 0.15) is 25.8 Å². The Morgan fingerprint density at radius 1 is 1.35 bits per heavy atom. The molecule has 2 atom stereocenters. The molecule has 1 aliphatic heterocycles. The van der Waals surface area contributed by atoms with Crippen molar-refractivity contribution < 1.29 is 9.50 Å². The van der Waals surface area contributed by atoms with Crippen LogP contribution in [0.15, 0.2) is 18.2 Å². The lowest BCUT2D eigenvalue weighted by Gasteiger charge is -2.37. The maximum absolute atomic E-state index is 13.9. The molecule has 0 radical (unpaired) electrons. The number of aliphatic hydroxyl groups is 1. The van der Waals surface area contributed by atoms with Crippen LogP contribution in [0.2, 0.25) is 0 Å². The van der Waals surface area contributed by atoms with Crippen LogP contribution in [-0.4, -0.2) is 18.2 Å². The van der Waals surface area contributed by atoms with Crippen molar-refractivity contribution in [3.63, 3.8) is 0 Å². The second kappa shape index (κ2) is 5.05. The molecule has 0 bridgehead atoms. The van der Waals surface area contributed by atoms with Crippen molar-refractivity contribution in [3.8, 4) is 0 Å². The van der Waals surface area contributed by atoms with E-state index in [2.05, 4.69) is 18.7 Å². The van der Waals surface area contributed by atoms with Gasteiger partial charge in [0, 0.05) is 13.1 Å². The lowest BCUT2D eigenvalue weighted by atomic mass is 9.88. The predicted molar refractivity (Wildman–Crippen MR) is 67.5 cm³/mol. The van der Waals surface area contributed by atoms with E-state index in [0.29, 0.717) is 23.1 Å². The zero-order chi connectivity index (χ0) is 12.4. The third kappa shape index (κ3) is 2.60. The molecule has 1 aliphatic rings. The highest BCUT2D eigenvalue weighted by Gasteiger charge is 2.24. The minimum absolute atomic E-state index is 0.107. The Bertz CT molecular complexity index is 394. The molecule has 2 unspecified atom stereocenters. The molecule has 1 saturated heterocycles. The van der Waals surface area contributed by atoms with Gasteiger partial charge in [-0.05, 0) is 36.0 Å². The summed E-state index contributed by atoms with van der Waals surface area (Å²) in [5, 5.41) is 8.96. The largest absolute Gasteiger partial charge is 0.392 e. The molecular formula is C14H20FNO. The lowest BCUT2D eigenvalue weighted by Crippen LogP contribution is -2.38. The minimum Gasteiger partial charge on any atom is -0.392 e. The Hall–Kier alpha value is -1.09. The Labute approximate surface area is 102 Å². The number of anilines is 1. The van der Waals surface area contributed by atoms with Gasteiger partial charge >= 0.3 is 0 Å². The molecule has 2 rings (SSSR count). The summed E-state index contributed by atoms with van der Waals surface area (Å²) in [7, 11) is 0. The van der Waals surface area contributed by atoms with Gasteiger partial charge in [-0.25, -0.2) is 4.39 Å². The zero-order valence-corrected chi connectivity index (χ0v) is 10.5. The summed E-state index contributed by atoms with van der Waals surface area (Å²) in [5.41, 5.74) is 1.30. The number of nitrogens with zero attached hydrogens (tertiary/aromatic N) is 1. The van der Waals surface area contributed by atoms with Crippen molar-refractivity contribution in [2.75, 3.05) is 18.0 Å². The molecule has 0 spiro atoms. The van der Waals surface area contributed by atoms with Gasteiger partial charge in [0.2, 0.25) is 0 Å². The van der Waals surface area contributed by atoms with Crippen molar-refractivity contribution in [1.82, 2.24) is 0 Å². The van der Waals surface area contributed by atoms with Gasteiger partial charge in [0.1, 0.15) is 5.82 Å². The Morgan fingerprint density at radius 3 is 2.71 bits per heavy atom. The normalized spacial score (nSPS) is 25.1. The summed E-state index contributed by atoms with van der Waals surface area (Å²) in [6.07, 6.45) is 1.11.